The molecule has 200 valence electrons. The first-order valence-corrected chi connectivity index (χ1v) is 14.2. The molecule has 2 aromatic heterocycles. The van der Waals surface area contributed by atoms with Crippen LogP contribution in [0.2, 0.25) is 0 Å². The van der Waals surface area contributed by atoms with Gasteiger partial charge in [-0.1, -0.05) is 98.0 Å². The van der Waals surface area contributed by atoms with Gasteiger partial charge in [0.25, 0.3) is 5.91 Å². The molecule has 2 heterocycles. The van der Waals surface area contributed by atoms with Gasteiger partial charge in [0.15, 0.2) is 4.96 Å². The third-order valence-electron chi connectivity index (χ3n) is 7.56. The summed E-state index contributed by atoms with van der Waals surface area (Å²) in [6, 6.07) is 26.5. The number of aryl methyl sites for hydroxylation is 1. The Morgan fingerprint density at radius 2 is 1.74 bits per heavy atom. The summed E-state index contributed by atoms with van der Waals surface area (Å²) in [7, 11) is 1.64. The zero-order valence-corrected chi connectivity index (χ0v) is 23.8. The van der Waals surface area contributed by atoms with Gasteiger partial charge in [0.05, 0.1) is 11.0 Å². The highest BCUT2D eigenvalue weighted by molar-refractivity contribution is 7.20. The third kappa shape index (κ3) is 5.54. The fourth-order valence-electron chi connectivity index (χ4n) is 5.15. The summed E-state index contributed by atoms with van der Waals surface area (Å²) in [5.41, 5.74) is 6.57. The van der Waals surface area contributed by atoms with E-state index in [-0.39, 0.29) is 11.3 Å². The molecule has 5 rings (SSSR count). The molecular formula is C33H35N3O2S. The SMILES string of the molecule is CNC(=O)c1c(-c2ccccc2)nc2sc(-c3cc(C(O)CCCC(C)(C)c4ccccc4)ccc3C)cn12. The van der Waals surface area contributed by atoms with Crippen LogP contribution in [0.3, 0.4) is 0 Å². The fraction of sp³-hybridized carbons (Fsp3) is 0.273. The molecule has 0 radical (unpaired) electrons. The quantitative estimate of drug-likeness (QED) is 0.204. The molecule has 1 atom stereocenters. The van der Waals surface area contributed by atoms with Crippen molar-refractivity contribution in [3.8, 4) is 21.7 Å². The van der Waals surface area contributed by atoms with Gasteiger partial charge in [0.1, 0.15) is 11.4 Å². The molecule has 39 heavy (non-hydrogen) atoms. The van der Waals surface area contributed by atoms with Crippen LogP contribution in [-0.4, -0.2) is 27.4 Å². The highest BCUT2D eigenvalue weighted by Crippen LogP contribution is 2.37. The van der Waals surface area contributed by atoms with Gasteiger partial charge in [-0.15, -0.1) is 0 Å². The monoisotopic (exact) mass is 537 g/mol. The summed E-state index contributed by atoms with van der Waals surface area (Å²) in [6.07, 6.45) is 4.09. The predicted octanol–water partition coefficient (Wildman–Crippen LogP) is 7.58. The number of aliphatic hydroxyl groups is 1. The van der Waals surface area contributed by atoms with E-state index in [9.17, 15) is 9.90 Å². The van der Waals surface area contributed by atoms with E-state index in [1.807, 2.05) is 53.1 Å². The Kier molecular flexibility index (Phi) is 7.69. The molecule has 0 bridgehead atoms. The van der Waals surface area contributed by atoms with Gasteiger partial charge in [-0.05, 0) is 59.9 Å². The maximum absolute atomic E-state index is 12.9. The summed E-state index contributed by atoms with van der Waals surface area (Å²) in [4.78, 5) is 19.5. The number of carbonyl (C=O) groups is 1. The molecule has 1 amide bonds. The first-order valence-electron chi connectivity index (χ1n) is 13.4. The molecular weight excluding hydrogens is 502 g/mol. The number of fused-ring (bicyclic) bond motifs is 1. The zero-order chi connectivity index (χ0) is 27.6. The summed E-state index contributed by atoms with van der Waals surface area (Å²) >= 11 is 1.55. The van der Waals surface area contributed by atoms with Gasteiger partial charge in [0.2, 0.25) is 0 Å². The van der Waals surface area contributed by atoms with Crippen LogP contribution in [0.4, 0.5) is 0 Å². The normalized spacial score (nSPS) is 12.5. The van der Waals surface area contributed by atoms with E-state index in [1.165, 1.54) is 5.56 Å². The minimum absolute atomic E-state index is 0.0618. The number of thiazole rings is 1. The van der Waals surface area contributed by atoms with Crippen LogP contribution in [0.15, 0.2) is 85.1 Å². The van der Waals surface area contributed by atoms with E-state index >= 15 is 0 Å². The van der Waals surface area contributed by atoms with Crippen LogP contribution in [-0.2, 0) is 5.41 Å². The average Bonchev–Trinajstić information content (AvgIpc) is 3.52. The largest absolute Gasteiger partial charge is 0.388 e. The number of aromatic nitrogens is 2. The van der Waals surface area contributed by atoms with E-state index in [1.54, 1.807) is 18.4 Å². The van der Waals surface area contributed by atoms with Crippen LogP contribution in [0, 0.1) is 6.92 Å². The second-order valence-electron chi connectivity index (χ2n) is 10.7. The lowest BCUT2D eigenvalue weighted by Gasteiger charge is -2.26. The lowest BCUT2D eigenvalue weighted by Crippen LogP contribution is -2.20. The number of hydrogen-bond acceptors (Lipinski definition) is 4. The third-order valence-corrected chi connectivity index (χ3v) is 8.58. The first kappa shape index (κ1) is 26.9. The smallest absolute Gasteiger partial charge is 0.270 e. The highest BCUT2D eigenvalue weighted by Gasteiger charge is 2.23. The Balaban J connectivity index is 1.39. The molecule has 0 aliphatic rings. The van der Waals surface area contributed by atoms with Crippen molar-refractivity contribution in [2.75, 3.05) is 7.05 Å². The maximum atomic E-state index is 12.9. The first-order chi connectivity index (χ1) is 18.8. The number of benzene rings is 3. The minimum Gasteiger partial charge on any atom is -0.388 e. The van der Waals surface area contributed by atoms with Crippen molar-refractivity contribution in [2.24, 2.45) is 0 Å². The molecule has 0 fully saturated rings. The number of nitrogens with one attached hydrogen (secondary N) is 1. The molecule has 0 aliphatic heterocycles. The predicted molar refractivity (Wildman–Crippen MR) is 160 cm³/mol. The van der Waals surface area contributed by atoms with Crippen LogP contribution in [0.25, 0.3) is 26.7 Å². The molecule has 0 saturated heterocycles. The number of imidazole rings is 1. The number of amides is 1. The molecule has 1 unspecified atom stereocenters. The highest BCUT2D eigenvalue weighted by atomic mass is 32.1. The van der Waals surface area contributed by atoms with Crippen molar-refractivity contribution in [1.82, 2.24) is 14.7 Å². The number of carbonyl (C=O) groups excluding carboxylic acids is 1. The van der Waals surface area contributed by atoms with Crippen molar-refractivity contribution in [3.63, 3.8) is 0 Å². The number of nitrogens with zero attached hydrogens (tertiary/aromatic N) is 2. The van der Waals surface area contributed by atoms with Crippen molar-refractivity contribution in [2.45, 2.75) is 51.6 Å². The van der Waals surface area contributed by atoms with Gasteiger partial charge in [-0.2, -0.15) is 0 Å². The molecule has 3 aromatic carbocycles. The van der Waals surface area contributed by atoms with Crippen molar-refractivity contribution in [1.29, 1.82) is 0 Å². The number of hydrogen-bond donors (Lipinski definition) is 2. The van der Waals surface area contributed by atoms with Crippen LogP contribution < -0.4 is 5.32 Å². The Bertz CT molecular complexity index is 1590. The fourth-order valence-corrected chi connectivity index (χ4v) is 6.22. The van der Waals surface area contributed by atoms with Crippen LogP contribution >= 0.6 is 11.3 Å². The van der Waals surface area contributed by atoms with Gasteiger partial charge >= 0.3 is 0 Å². The van der Waals surface area contributed by atoms with E-state index < -0.39 is 6.10 Å². The zero-order valence-electron chi connectivity index (χ0n) is 22.9. The lowest BCUT2D eigenvalue weighted by molar-refractivity contribution is 0.0958. The summed E-state index contributed by atoms with van der Waals surface area (Å²) in [5.74, 6) is -0.176. The lowest BCUT2D eigenvalue weighted by atomic mass is 9.80. The standard InChI is InChI=1S/C33H35N3O2S/c1-22-17-18-24(27(37)16-11-19-33(2,3)25-14-9-6-10-15-25)20-26(22)28-21-36-30(31(38)34-4)29(35-32(36)39-28)23-12-7-5-8-13-23/h5-10,12-15,17-18,20-21,27,37H,11,16,19H2,1-4H3,(H,34,38). The average molecular weight is 538 g/mol. The van der Waals surface area contributed by atoms with Gasteiger partial charge in [-0.3, -0.25) is 9.20 Å². The van der Waals surface area contributed by atoms with Crippen molar-refractivity contribution < 1.29 is 9.90 Å². The Labute approximate surface area is 234 Å². The summed E-state index contributed by atoms with van der Waals surface area (Å²) in [6.45, 7) is 6.61. The summed E-state index contributed by atoms with van der Waals surface area (Å²) in [5, 5.41) is 13.9. The van der Waals surface area contributed by atoms with Gasteiger partial charge < -0.3 is 10.4 Å². The molecule has 2 N–H and O–H groups in total. The van der Waals surface area contributed by atoms with Crippen molar-refractivity contribution in [3.05, 3.63) is 107 Å². The van der Waals surface area contributed by atoms with E-state index in [4.69, 9.17) is 4.98 Å². The maximum Gasteiger partial charge on any atom is 0.270 e. The Hall–Kier alpha value is -3.74. The molecule has 0 spiro atoms. The van der Waals surface area contributed by atoms with Gasteiger partial charge in [-0.25, -0.2) is 4.98 Å². The molecule has 5 aromatic rings. The topological polar surface area (TPSA) is 66.6 Å². The second-order valence-corrected chi connectivity index (χ2v) is 11.7. The van der Waals surface area contributed by atoms with Gasteiger partial charge in [0, 0.05) is 18.8 Å². The number of rotatable bonds is 9. The Morgan fingerprint density at radius 3 is 2.44 bits per heavy atom. The number of aliphatic hydroxyl groups excluding tert-OH is 1. The Morgan fingerprint density at radius 1 is 1.05 bits per heavy atom. The second kappa shape index (κ2) is 11.2. The molecule has 0 aliphatic carbocycles. The van der Waals surface area contributed by atoms with Crippen molar-refractivity contribution >= 4 is 22.2 Å². The minimum atomic E-state index is -0.536. The molecule has 0 saturated carbocycles. The van der Waals surface area contributed by atoms with E-state index in [0.29, 0.717) is 17.8 Å². The van der Waals surface area contributed by atoms with Crippen LogP contribution in [0.5, 0.6) is 0 Å². The summed E-state index contributed by atoms with van der Waals surface area (Å²) < 4.78 is 1.88. The van der Waals surface area contributed by atoms with E-state index in [0.717, 1.165) is 44.9 Å². The molecule has 5 nitrogen and oxygen atoms in total. The van der Waals surface area contributed by atoms with Crippen LogP contribution in [0.1, 0.15) is 66.4 Å². The molecule has 6 heteroatoms. The van der Waals surface area contributed by atoms with E-state index in [2.05, 4.69) is 62.5 Å².